The minimum atomic E-state index is -4.00. The van der Waals surface area contributed by atoms with Crippen LogP contribution in [0.5, 0.6) is 11.5 Å². The van der Waals surface area contributed by atoms with Crippen molar-refractivity contribution in [3.63, 3.8) is 0 Å². The van der Waals surface area contributed by atoms with Crippen LogP contribution < -0.4 is 14.8 Å². The van der Waals surface area contributed by atoms with Gasteiger partial charge in [-0.1, -0.05) is 44.2 Å². The van der Waals surface area contributed by atoms with Gasteiger partial charge in [0.2, 0.25) is 10.0 Å². The first-order valence-corrected chi connectivity index (χ1v) is 15.7. The summed E-state index contributed by atoms with van der Waals surface area (Å²) in [7, 11) is -2.50. The molecule has 0 radical (unpaired) electrons. The molecule has 11 heteroatoms. The fourth-order valence-electron chi connectivity index (χ4n) is 4.87. The van der Waals surface area contributed by atoms with Gasteiger partial charge in [0, 0.05) is 25.6 Å². The van der Waals surface area contributed by atoms with E-state index in [1.807, 2.05) is 44.2 Å². The lowest BCUT2D eigenvalue weighted by Gasteiger charge is -2.31. The summed E-state index contributed by atoms with van der Waals surface area (Å²) in [6.07, 6.45) is -0.767. The minimum Gasteiger partial charge on any atom is -0.497 e. The van der Waals surface area contributed by atoms with E-state index in [4.69, 9.17) is 14.2 Å². The molecule has 43 heavy (non-hydrogen) atoms. The van der Waals surface area contributed by atoms with Crippen LogP contribution in [0.25, 0.3) is 0 Å². The molecule has 0 unspecified atom stereocenters. The smallest absolute Gasteiger partial charge is 0.255 e. The van der Waals surface area contributed by atoms with E-state index in [1.54, 1.807) is 12.1 Å². The number of hydrogen-bond acceptors (Lipinski definition) is 7. The quantitative estimate of drug-likeness (QED) is 0.282. The van der Waals surface area contributed by atoms with Crippen molar-refractivity contribution in [1.82, 2.24) is 9.62 Å². The zero-order valence-electron chi connectivity index (χ0n) is 24.6. The molecular weight excluding hydrogens is 575 g/mol. The number of carbonyl (C=O) groups excluding carboxylic acids is 1. The first-order valence-electron chi connectivity index (χ1n) is 14.3. The normalized spacial score (nSPS) is 16.7. The van der Waals surface area contributed by atoms with E-state index in [1.165, 1.54) is 35.7 Å². The summed E-state index contributed by atoms with van der Waals surface area (Å²) < 4.78 is 59.2. The van der Waals surface area contributed by atoms with Crippen molar-refractivity contribution >= 4 is 15.9 Å². The van der Waals surface area contributed by atoms with Crippen LogP contribution in [0.15, 0.2) is 77.7 Å². The van der Waals surface area contributed by atoms with Crippen molar-refractivity contribution in [3.8, 4) is 11.5 Å². The molecule has 0 aromatic heterocycles. The Kier molecular flexibility index (Phi) is 11.1. The second-order valence-corrected chi connectivity index (χ2v) is 12.9. The Morgan fingerprint density at radius 2 is 1.81 bits per heavy atom. The molecule has 3 aromatic rings. The number of methoxy groups -OCH3 is 1. The lowest BCUT2D eigenvalue weighted by Crippen LogP contribution is -2.51. The molecule has 232 valence electrons. The highest BCUT2D eigenvalue weighted by atomic mass is 32.2. The Morgan fingerprint density at radius 3 is 2.44 bits per heavy atom. The Bertz CT molecular complexity index is 1450. The molecule has 1 amide bonds. The van der Waals surface area contributed by atoms with Gasteiger partial charge in [-0.15, -0.1) is 0 Å². The fourth-order valence-corrected chi connectivity index (χ4v) is 6.50. The van der Waals surface area contributed by atoms with Gasteiger partial charge in [0.05, 0.1) is 42.9 Å². The van der Waals surface area contributed by atoms with E-state index in [0.717, 1.165) is 11.6 Å². The van der Waals surface area contributed by atoms with Gasteiger partial charge in [-0.3, -0.25) is 4.79 Å². The molecule has 0 aliphatic carbocycles. The first-order chi connectivity index (χ1) is 20.6. The highest BCUT2D eigenvalue weighted by molar-refractivity contribution is 7.89. The summed E-state index contributed by atoms with van der Waals surface area (Å²) in [5.41, 5.74) is 0.933. The van der Waals surface area contributed by atoms with E-state index in [-0.39, 0.29) is 47.7 Å². The summed E-state index contributed by atoms with van der Waals surface area (Å²) in [6, 6.07) is 18.1. The third-order valence-corrected chi connectivity index (χ3v) is 8.95. The number of aliphatic hydroxyl groups excluding tert-OH is 1. The zero-order valence-corrected chi connectivity index (χ0v) is 25.4. The van der Waals surface area contributed by atoms with E-state index < -0.39 is 33.9 Å². The second kappa shape index (κ2) is 14.8. The predicted molar refractivity (Wildman–Crippen MR) is 160 cm³/mol. The number of benzene rings is 3. The van der Waals surface area contributed by atoms with Crippen LogP contribution in [0.2, 0.25) is 0 Å². The Morgan fingerprint density at radius 1 is 1.09 bits per heavy atom. The maximum atomic E-state index is 14.2. The highest BCUT2D eigenvalue weighted by Gasteiger charge is 2.32. The van der Waals surface area contributed by atoms with Crippen molar-refractivity contribution in [1.29, 1.82) is 0 Å². The second-order valence-electron chi connectivity index (χ2n) is 11.0. The molecule has 9 nitrogen and oxygen atoms in total. The van der Waals surface area contributed by atoms with Gasteiger partial charge in [0.1, 0.15) is 23.4 Å². The summed E-state index contributed by atoms with van der Waals surface area (Å²) in [6.45, 7) is 4.50. The maximum Gasteiger partial charge on any atom is 0.255 e. The predicted octanol–water partition coefficient (Wildman–Crippen LogP) is 4.05. The molecule has 2 N–H and O–H groups in total. The van der Waals surface area contributed by atoms with Crippen molar-refractivity contribution in [2.75, 3.05) is 33.4 Å². The van der Waals surface area contributed by atoms with Gasteiger partial charge in [-0.2, -0.15) is 4.31 Å². The molecule has 4 rings (SSSR count). The molecule has 0 bridgehead atoms. The van der Waals surface area contributed by atoms with Crippen molar-refractivity contribution in [2.24, 2.45) is 5.92 Å². The molecule has 3 aromatic carbocycles. The molecule has 1 aliphatic rings. The van der Waals surface area contributed by atoms with Crippen molar-refractivity contribution in [2.45, 2.75) is 49.8 Å². The lowest BCUT2D eigenvalue weighted by atomic mass is 10.00. The zero-order chi connectivity index (χ0) is 31.0. The third kappa shape index (κ3) is 8.76. The minimum absolute atomic E-state index is 0.0409. The Hall–Kier alpha value is -3.51. The Labute approximate surface area is 252 Å². The van der Waals surface area contributed by atoms with Crippen LogP contribution in [0.4, 0.5) is 4.39 Å². The summed E-state index contributed by atoms with van der Waals surface area (Å²) in [5.74, 6) is -0.586. The van der Waals surface area contributed by atoms with Gasteiger partial charge >= 0.3 is 0 Å². The number of nitrogens with one attached hydrogen (secondary N) is 1. The summed E-state index contributed by atoms with van der Waals surface area (Å²) >= 11 is 0. The molecule has 1 fully saturated rings. The van der Waals surface area contributed by atoms with Crippen LogP contribution in [-0.4, -0.2) is 75.4 Å². The van der Waals surface area contributed by atoms with Crippen LogP contribution in [0.3, 0.4) is 0 Å². The third-order valence-electron chi connectivity index (χ3n) is 7.11. The molecule has 1 saturated heterocycles. The average Bonchev–Trinajstić information content (AvgIpc) is 3.50. The number of rotatable bonds is 14. The van der Waals surface area contributed by atoms with E-state index >= 15 is 0 Å². The number of hydrogen-bond donors (Lipinski definition) is 2. The standard InChI is InChI=1S/C32H39FN2O7S/c1-22(2)19-35(43(38,39)27-12-10-25(40-3)11-13-27)20-30(36)29(17-23-7-5-4-6-8-23)34-32(37)28-14-9-24(33)18-31(28)42-26-15-16-41-21-26/h4-14,18,22,26,29-30,36H,15-17,19-21H2,1-3H3,(H,34,37)/t26-,29-,30+/m0/s1. The van der Waals surface area contributed by atoms with Gasteiger partial charge in [-0.25, -0.2) is 12.8 Å². The van der Waals surface area contributed by atoms with E-state index in [0.29, 0.717) is 25.4 Å². The summed E-state index contributed by atoms with van der Waals surface area (Å²) in [4.78, 5) is 13.7. The number of halogens is 1. The van der Waals surface area contributed by atoms with Crippen LogP contribution >= 0.6 is 0 Å². The number of ether oxygens (including phenoxy) is 3. The monoisotopic (exact) mass is 614 g/mol. The Balaban J connectivity index is 1.60. The summed E-state index contributed by atoms with van der Waals surface area (Å²) in [5, 5.41) is 14.4. The van der Waals surface area contributed by atoms with Gasteiger partial charge in [-0.05, 0) is 54.3 Å². The van der Waals surface area contributed by atoms with Gasteiger partial charge in [0.25, 0.3) is 5.91 Å². The lowest BCUT2D eigenvalue weighted by molar-refractivity contribution is 0.0769. The van der Waals surface area contributed by atoms with Crippen molar-refractivity contribution in [3.05, 3.63) is 89.7 Å². The molecule has 1 aliphatic heterocycles. The van der Waals surface area contributed by atoms with Gasteiger partial charge < -0.3 is 24.6 Å². The molecular formula is C32H39FN2O7S. The number of aliphatic hydroxyl groups is 1. The molecule has 3 atom stereocenters. The van der Waals surface area contributed by atoms with Gasteiger partial charge in [0.15, 0.2) is 0 Å². The van der Waals surface area contributed by atoms with E-state index in [2.05, 4.69) is 5.32 Å². The number of carbonyl (C=O) groups is 1. The maximum absolute atomic E-state index is 14.2. The first kappa shape index (κ1) is 32.4. The largest absolute Gasteiger partial charge is 0.497 e. The van der Waals surface area contributed by atoms with E-state index in [9.17, 15) is 22.7 Å². The number of sulfonamides is 1. The molecule has 0 saturated carbocycles. The molecule has 0 spiro atoms. The molecule has 1 heterocycles. The van der Waals surface area contributed by atoms with Crippen LogP contribution in [0, 0.1) is 11.7 Å². The SMILES string of the molecule is COc1ccc(S(=O)(=O)N(CC(C)C)C[C@@H](O)[C@H](Cc2ccccc2)NC(=O)c2ccc(F)cc2O[C@H]2CCOC2)cc1. The number of amides is 1. The number of nitrogens with zero attached hydrogens (tertiary/aromatic N) is 1. The van der Waals surface area contributed by atoms with Crippen LogP contribution in [-0.2, 0) is 21.2 Å². The van der Waals surface area contributed by atoms with Crippen LogP contribution in [0.1, 0.15) is 36.2 Å². The fraction of sp³-hybridized carbons (Fsp3) is 0.406. The average molecular weight is 615 g/mol. The highest BCUT2D eigenvalue weighted by Crippen LogP contribution is 2.25. The van der Waals surface area contributed by atoms with Crippen molar-refractivity contribution < 1.29 is 36.9 Å². The topological polar surface area (TPSA) is 114 Å².